The second-order valence-electron chi connectivity index (χ2n) is 3.42. The summed E-state index contributed by atoms with van der Waals surface area (Å²) in [6.07, 6.45) is 0.356. The lowest BCUT2D eigenvalue weighted by molar-refractivity contribution is -0.137. The minimum absolute atomic E-state index is 0.242. The number of allylic oxidation sites excluding steroid dienone is 1. The molecule has 0 atom stereocenters. The Labute approximate surface area is 124 Å². The van der Waals surface area contributed by atoms with Gasteiger partial charge in [-0.2, -0.15) is 0 Å². The SMILES string of the molecule is [2H]C([2H])(/C=C/C(=O)OCC)c1cc(OC)c(OC)cc1Br. The molecule has 0 spiro atoms. The molecule has 0 amide bonds. The molecule has 0 unspecified atom stereocenters. The highest BCUT2D eigenvalue weighted by Gasteiger charge is 2.08. The van der Waals surface area contributed by atoms with Gasteiger partial charge in [-0.3, -0.25) is 0 Å². The summed E-state index contributed by atoms with van der Waals surface area (Å²) in [4.78, 5) is 11.3. The minimum Gasteiger partial charge on any atom is -0.493 e. The van der Waals surface area contributed by atoms with Crippen LogP contribution in [-0.4, -0.2) is 26.8 Å². The van der Waals surface area contributed by atoms with Crippen molar-refractivity contribution in [1.29, 1.82) is 0 Å². The molecule has 5 heteroatoms. The van der Waals surface area contributed by atoms with Gasteiger partial charge in [0.15, 0.2) is 11.5 Å². The van der Waals surface area contributed by atoms with Crippen molar-refractivity contribution in [3.8, 4) is 11.5 Å². The maximum absolute atomic E-state index is 11.3. The lowest BCUT2D eigenvalue weighted by Crippen LogP contribution is -1.99. The molecular weight excluding hydrogens is 312 g/mol. The van der Waals surface area contributed by atoms with Crippen LogP contribution in [0.15, 0.2) is 28.8 Å². The first-order valence-corrected chi connectivity index (χ1v) is 6.43. The third-order valence-electron chi connectivity index (χ3n) is 2.22. The van der Waals surface area contributed by atoms with Crippen molar-refractivity contribution in [3.63, 3.8) is 0 Å². The van der Waals surface area contributed by atoms with Crippen molar-refractivity contribution in [2.24, 2.45) is 0 Å². The molecule has 1 aromatic carbocycles. The van der Waals surface area contributed by atoms with E-state index in [1.54, 1.807) is 13.0 Å². The van der Waals surface area contributed by atoms with E-state index < -0.39 is 12.3 Å². The zero-order chi connectivity index (χ0) is 16.0. The van der Waals surface area contributed by atoms with Crippen LogP contribution < -0.4 is 9.47 Å². The van der Waals surface area contributed by atoms with Crippen LogP contribution >= 0.6 is 15.9 Å². The number of rotatable bonds is 6. The summed E-state index contributed by atoms with van der Waals surface area (Å²) in [6.45, 7) is 1.93. The predicted octanol–water partition coefficient (Wildman–Crippen LogP) is 3.13. The summed E-state index contributed by atoms with van der Waals surface area (Å²) in [5.74, 6) is 0.306. The average Bonchev–Trinajstić information content (AvgIpc) is 2.45. The van der Waals surface area contributed by atoms with Gasteiger partial charge in [0.25, 0.3) is 0 Å². The van der Waals surface area contributed by atoms with Crippen LogP contribution in [0.1, 0.15) is 15.2 Å². The Bertz CT molecular complexity index is 544. The van der Waals surface area contributed by atoms with E-state index in [4.69, 9.17) is 17.0 Å². The van der Waals surface area contributed by atoms with Gasteiger partial charge < -0.3 is 14.2 Å². The van der Waals surface area contributed by atoms with Gasteiger partial charge in [-0.1, -0.05) is 22.0 Å². The molecule has 0 fully saturated rings. The lowest BCUT2D eigenvalue weighted by Gasteiger charge is -2.10. The van der Waals surface area contributed by atoms with Crippen LogP contribution in [0.4, 0.5) is 0 Å². The number of carbonyl (C=O) groups excluding carboxylic acids is 1. The molecule has 104 valence electrons. The molecule has 0 saturated heterocycles. The monoisotopic (exact) mass is 330 g/mol. The van der Waals surface area contributed by atoms with Crippen LogP contribution in [-0.2, 0) is 15.9 Å². The topological polar surface area (TPSA) is 44.8 Å². The fourth-order valence-electron chi connectivity index (χ4n) is 1.35. The van der Waals surface area contributed by atoms with Crippen molar-refractivity contribution in [2.45, 2.75) is 13.3 Å². The van der Waals surface area contributed by atoms with E-state index in [2.05, 4.69) is 15.9 Å². The van der Waals surface area contributed by atoms with Gasteiger partial charge in [-0.05, 0) is 31.0 Å². The highest BCUT2D eigenvalue weighted by molar-refractivity contribution is 9.10. The first-order valence-electron chi connectivity index (χ1n) is 6.63. The van der Waals surface area contributed by atoms with Crippen molar-refractivity contribution in [1.82, 2.24) is 0 Å². The van der Waals surface area contributed by atoms with E-state index in [-0.39, 0.29) is 6.61 Å². The Morgan fingerprint density at radius 1 is 1.37 bits per heavy atom. The number of hydrogen-bond acceptors (Lipinski definition) is 4. The van der Waals surface area contributed by atoms with E-state index in [9.17, 15) is 4.79 Å². The highest BCUT2D eigenvalue weighted by Crippen LogP contribution is 2.33. The van der Waals surface area contributed by atoms with Crippen LogP contribution in [0.25, 0.3) is 0 Å². The van der Waals surface area contributed by atoms with E-state index in [1.807, 2.05) is 0 Å². The summed E-state index contributed by atoms with van der Waals surface area (Å²) in [5, 5.41) is 0. The number of halogens is 1. The number of esters is 1. The molecule has 0 aliphatic carbocycles. The molecule has 0 aliphatic heterocycles. The van der Waals surface area contributed by atoms with E-state index >= 15 is 0 Å². The molecule has 1 rings (SSSR count). The average molecular weight is 331 g/mol. The molecule has 0 N–H and O–H groups in total. The fraction of sp³-hybridized carbons (Fsp3) is 0.357. The number of carbonyl (C=O) groups is 1. The third kappa shape index (κ3) is 4.59. The molecule has 0 radical (unpaired) electrons. The van der Waals surface area contributed by atoms with E-state index in [1.165, 1.54) is 20.3 Å². The number of ether oxygens (including phenoxy) is 3. The summed E-state index contributed by atoms with van der Waals surface area (Å²) in [5.41, 5.74) is 0.320. The second-order valence-corrected chi connectivity index (χ2v) is 4.27. The first kappa shape index (κ1) is 12.5. The van der Waals surface area contributed by atoms with Crippen LogP contribution in [0.3, 0.4) is 0 Å². The Kier molecular flexibility index (Phi) is 5.17. The van der Waals surface area contributed by atoms with Gasteiger partial charge in [0.1, 0.15) is 0 Å². The lowest BCUT2D eigenvalue weighted by atomic mass is 10.1. The molecule has 0 aromatic heterocycles. The van der Waals surface area contributed by atoms with Gasteiger partial charge in [0.05, 0.1) is 20.8 Å². The molecule has 0 aliphatic rings. The highest BCUT2D eigenvalue weighted by atomic mass is 79.9. The molecular formula is C14H17BrO4. The zero-order valence-electron chi connectivity index (χ0n) is 13.0. The Morgan fingerprint density at radius 2 is 2.00 bits per heavy atom. The number of methoxy groups -OCH3 is 2. The number of hydrogen-bond donors (Lipinski definition) is 0. The van der Waals surface area contributed by atoms with Gasteiger partial charge in [-0.15, -0.1) is 0 Å². The Hall–Kier alpha value is -1.49. The van der Waals surface area contributed by atoms with Gasteiger partial charge in [-0.25, -0.2) is 4.79 Å². The van der Waals surface area contributed by atoms with Gasteiger partial charge in [0.2, 0.25) is 0 Å². The van der Waals surface area contributed by atoms with E-state index in [0.29, 0.717) is 21.5 Å². The minimum atomic E-state index is -1.87. The smallest absolute Gasteiger partial charge is 0.330 e. The van der Waals surface area contributed by atoms with Crippen molar-refractivity contribution >= 4 is 21.9 Å². The quantitative estimate of drug-likeness (QED) is 0.593. The molecule has 0 heterocycles. The second kappa shape index (κ2) is 7.84. The van der Waals surface area contributed by atoms with Crippen molar-refractivity contribution < 1.29 is 21.7 Å². The first-order chi connectivity index (χ1) is 9.85. The largest absolute Gasteiger partial charge is 0.493 e. The van der Waals surface area contributed by atoms with Gasteiger partial charge in [0, 0.05) is 13.3 Å². The Morgan fingerprint density at radius 3 is 2.58 bits per heavy atom. The number of benzene rings is 1. The Balaban J connectivity index is 3.15. The summed E-state index contributed by atoms with van der Waals surface area (Å²) >= 11 is 3.30. The standard InChI is InChI=1S/C14H17BrO4/c1-4-19-14(16)7-5-6-10-8-12(17-2)13(18-3)9-11(10)15/h5,7-9H,4,6H2,1-3H3/b7-5+/i6D2. The summed E-state index contributed by atoms with van der Waals surface area (Å²) < 4.78 is 31.7. The maximum atomic E-state index is 11.3. The van der Waals surface area contributed by atoms with Gasteiger partial charge >= 0.3 is 5.97 Å². The summed E-state index contributed by atoms with van der Waals surface area (Å²) in [6, 6.07) is 3.14. The van der Waals surface area contributed by atoms with Crippen LogP contribution in [0.2, 0.25) is 0 Å². The maximum Gasteiger partial charge on any atom is 0.330 e. The van der Waals surface area contributed by atoms with Crippen LogP contribution in [0.5, 0.6) is 11.5 Å². The molecule has 4 nitrogen and oxygen atoms in total. The fourth-order valence-corrected chi connectivity index (χ4v) is 1.79. The molecule has 0 bridgehead atoms. The van der Waals surface area contributed by atoms with Crippen molar-refractivity contribution in [3.05, 3.63) is 34.3 Å². The molecule has 1 aromatic rings. The van der Waals surface area contributed by atoms with E-state index in [0.717, 1.165) is 12.2 Å². The normalized spacial score (nSPS) is 12.8. The zero-order valence-corrected chi connectivity index (χ0v) is 12.6. The summed E-state index contributed by atoms with van der Waals surface area (Å²) in [7, 11) is 2.97. The predicted molar refractivity (Wildman–Crippen MR) is 76.7 cm³/mol. The third-order valence-corrected chi connectivity index (χ3v) is 2.87. The molecule has 0 saturated carbocycles. The molecule has 19 heavy (non-hydrogen) atoms. The van der Waals surface area contributed by atoms with Crippen molar-refractivity contribution in [2.75, 3.05) is 20.8 Å². The van der Waals surface area contributed by atoms with Crippen LogP contribution in [0, 0.1) is 0 Å².